The Morgan fingerprint density at radius 3 is 2.20 bits per heavy atom. The molecule has 0 saturated heterocycles. The van der Waals surface area contributed by atoms with E-state index in [0.29, 0.717) is 5.41 Å². The van der Waals surface area contributed by atoms with Crippen LogP contribution in [0, 0.1) is 11.3 Å². The maximum atomic E-state index is 3.84. The molecular weight excluding hydrogens is 244 g/mol. The third-order valence-corrected chi connectivity index (χ3v) is 5.83. The summed E-state index contributed by atoms with van der Waals surface area (Å²) in [6, 6.07) is 1.62. The average molecular weight is 281 g/mol. The second-order valence-corrected chi connectivity index (χ2v) is 7.72. The Hall–Kier alpha value is -0.0800. The summed E-state index contributed by atoms with van der Waals surface area (Å²) in [6.07, 6.45) is 11.1. The van der Waals surface area contributed by atoms with E-state index < -0.39 is 0 Å². The highest BCUT2D eigenvalue weighted by molar-refractivity contribution is 4.92. The molecule has 1 N–H and O–H groups in total. The fourth-order valence-corrected chi connectivity index (χ4v) is 3.98. The molecule has 0 bridgehead atoms. The Kier molecular flexibility index (Phi) is 5.92. The van der Waals surface area contributed by atoms with Crippen molar-refractivity contribution in [2.45, 2.75) is 84.2 Å². The van der Waals surface area contributed by atoms with Gasteiger partial charge in [-0.3, -0.25) is 0 Å². The summed E-state index contributed by atoms with van der Waals surface area (Å²) < 4.78 is 0. The van der Waals surface area contributed by atoms with Crippen molar-refractivity contribution in [3.05, 3.63) is 0 Å². The molecule has 0 radical (unpaired) electrons. The largest absolute Gasteiger partial charge is 0.313 e. The number of hydrogen-bond donors (Lipinski definition) is 1. The standard InChI is InChI=1S/C18H36N2/c1-5-17(6-2)20(4)14-18(13-19-16-7-8-16)11-9-15(3)10-12-18/h15-17,19H,5-14H2,1-4H3. The topological polar surface area (TPSA) is 15.3 Å². The maximum Gasteiger partial charge on any atom is 0.00872 e. The fourth-order valence-electron chi connectivity index (χ4n) is 3.98. The molecule has 0 unspecified atom stereocenters. The quantitative estimate of drug-likeness (QED) is 0.721. The Balaban J connectivity index is 1.93. The van der Waals surface area contributed by atoms with Crippen LogP contribution >= 0.6 is 0 Å². The van der Waals surface area contributed by atoms with Gasteiger partial charge >= 0.3 is 0 Å². The van der Waals surface area contributed by atoms with E-state index in [2.05, 4.69) is 38.0 Å². The van der Waals surface area contributed by atoms with Crippen LogP contribution in [0.4, 0.5) is 0 Å². The average Bonchev–Trinajstić information content (AvgIpc) is 3.25. The minimum absolute atomic E-state index is 0.548. The van der Waals surface area contributed by atoms with Crippen molar-refractivity contribution in [3.63, 3.8) is 0 Å². The lowest BCUT2D eigenvalue weighted by molar-refractivity contribution is 0.0757. The summed E-state index contributed by atoms with van der Waals surface area (Å²) in [6.45, 7) is 9.66. The van der Waals surface area contributed by atoms with Gasteiger partial charge in [0, 0.05) is 25.2 Å². The van der Waals surface area contributed by atoms with Crippen molar-refractivity contribution in [1.82, 2.24) is 10.2 Å². The first-order chi connectivity index (χ1) is 9.58. The van der Waals surface area contributed by atoms with Gasteiger partial charge in [-0.1, -0.05) is 33.6 Å². The van der Waals surface area contributed by atoms with Gasteiger partial charge in [0.1, 0.15) is 0 Å². The molecule has 2 saturated carbocycles. The predicted molar refractivity (Wildman–Crippen MR) is 88.1 cm³/mol. The zero-order valence-electron chi connectivity index (χ0n) is 14.3. The van der Waals surface area contributed by atoms with E-state index in [0.717, 1.165) is 18.0 Å². The molecule has 0 amide bonds. The summed E-state index contributed by atoms with van der Waals surface area (Å²) in [4.78, 5) is 2.66. The molecule has 2 nitrogen and oxygen atoms in total. The van der Waals surface area contributed by atoms with Crippen molar-refractivity contribution in [3.8, 4) is 0 Å². The first-order valence-electron chi connectivity index (χ1n) is 9.02. The molecule has 0 aliphatic heterocycles. The molecule has 2 fully saturated rings. The smallest absolute Gasteiger partial charge is 0.00872 e. The molecule has 0 aromatic carbocycles. The van der Waals surface area contributed by atoms with E-state index in [1.165, 1.54) is 64.5 Å². The van der Waals surface area contributed by atoms with Crippen LogP contribution in [0.1, 0.15) is 72.1 Å². The molecule has 2 rings (SSSR count). The zero-order chi connectivity index (χ0) is 14.6. The van der Waals surface area contributed by atoms with E-state index >= 15 is 0 Å². The minimum Gasteiger partial charge on any atom is -0.313 e. The van der Waals surface area contributed by atoms with E-state index in [1.54, 1.807) is 0 Å². The summed E-state index contributed by atoms with van der Waals surface area (Å²) in [5, 5.41) is 3.84. The van der Waals surface area contributed by atoms with Crippen molar-refractivity contribution in [2.24, 2.45) is 11.3 Å². The first kappa shape index (κ1) is 16.3. The van der Waals surface area contributed by atoms with E-state index in [9.17, 15) is 0 Å². The third-order valence-electron chi connectivity index (χ3n) is 5.83. The molecule has 0 aromatic rings. The number of nitrogens with one attached hydrogen (secondary N) is 1. The van der Waals surface area contributed by atoms with Crippen LogP contribution in [-0.4, -0.2) is 37.1 Å². The summed E-state index contributed by atoms with van der Waals surface area (Å²) in [5.74, 6) is 0.947. The molecule has 2 aliphatic rings. The lowest BCUT2D eigenvalue weighted by atomic mass is 9.70. The first-order valence-corrected chi connectivity index (χ1v) is 9.02. The van der Waals surface area contributed by atoms with Gasteiger partial charge in [-0.15, -0.1) is 0 Å². The highest BCUT2D eigenvalue weighted by Crippen LogP contribution is 2.40. The van der Waals surface area contributed by atoms with Gasteiger partial charge in [-0.2, -0.15) is 0 Å². The molecule has 2 heteroatoms. The van der Waals surface area contributed by atoms with E-state index in [4.69, 9.17) is 0 Å². The van der Waals surface area contributed by atoms with Crippen LogP contribution in [0.25, 0.3) is 0 Å². The molecule has 0 spiro atoms. The summed E-state index contributed by atoms with van der Waals surface area (Å²) >= 11 is 0. The lowest BCUT2D eigenvalue weighted by Crippen LogP contribution is -2.48. The summed E-state index contributed by atoms with van der Waals surface area (Å²) in [5.41, 5.74) is 0.548. The molecule has 2 aliphatic carbocycles. The van der Waals surface area contributed by atoms with Crippen LogP contribution in [0.5, 0.6) is 0 Å². The van der Waals surface area contributed by atoms with E-state index in [-0.39, 0.29) is 0 Å². The van der Waals surface area contributed by atoms with Crippen LogP contribution in [0.3, 0.4) is 0 Å². The van der Waals surface area contributed by atoms with Gasteiger partial charge < -0.3 is 10.2 Å². The second kappa shape index (κ2) is 7.26. The molecule has 20 heavy (non-hydrogen) atoms. The number of nitrogens with zero attached hydrogens (tertiary/aromatic N) is 1. The minimum atomic E-state index is 0.548. The highest BCUT2D eigenvalue weighted by atomic mass is 15.1. The molecule has 0 aromatic heterocycles. The Morgan fingerprint density at radius 1 is 1.10 bits per heavy atom. The van der Waals surface area contributed by atoms with Crippen LogP contribution < -0.4 is 5.32 Å². The van der Waals surface area contributed by atoms with Crippen molar-refractivity contribution >= 4 is 0 Å². The molecule has 118 valence electrons. The Labute approximate surface area is 126 Å². The van der Waals surface area contributed by atoms with Gasteiger partial charge in [-0.05, 0) is 56.9 Å². The van der Waals surface area contributed by atoms with Gasteiger partial charge in [-0.25, -0.2) is 0 Å². The van der Waals surface area contributed by atoms with Crippen LogP contribution in [0.2, 0.25) is 0 Å². The number of hydrogen-bond acceptors (Lipinski definition) is 2. The van der Waals surface area contributed by atoms with Gasteiger partial charge in [0.05, 0.1) is 0 Å². The van der Waals surface area contributed by atoms with Crippen LogP contribution in [-0.2, 0) is 0 Å². The van der Waals surface area contributed by atoms with Crippen molar-refractivity contribution in [1.29, 1.82) is 0 Å². The molecule has 0 heterocycles. The Morgan fingerprint density at radius 2 is 1.70 bits per heavy atom. The SMILES string of the molecule is CCC(CC)N(C)CC1(CNC2CC2)CCC(C)CC1. The van der Waals surface area contributed by atoms with Crippen molar-refractivity contribution < 1.29 is 0 Å². The normalized spacial score (nSPS) is 31.2. The third kappa shape index (κ3) is 4.46. The van der Waals surface area contributed by atoms with Gasteiger partial charge in [0.2, 0.25) is 0 Å². The van der Waals surface area contributed by atoms with E-state index in [1.807, 2.05) is 0 Å². The summed E-state index contributed by atoms with van der Waals surface area (Å²) in [7, 11) is 2.36. The highest BCUT2D eigenvalue weighted by Gasteiger charge is 2.37. The Bertz CT molecular complexity index is 273. The zero-order valence-corrected chi connectivity index (χ0v) is 14.3. The lowest BCUT2D eigenvalue weighted by Gasteiger charge is -2.44. The van der Waals surface area contributed by atoms with Crippen LogP contribution in [0.15, 0.2) is 0 Å². The van der Waals surface area contributed by atoms with Gasteiger partial charge in [0.25, 0.3) is 0 Å². The molecule has 0 atom stereocenters. The predicted octanol–water partition coefficient (Wildman–Crippen LogP) is 4.06. The van der Waals surface area contributed by atoms with Gasteiger partial charge in [0.15, 0.2) is 0 Å². The number of rotatable bonds is 8. The fraction of sp³-hybridized carbons (Fsp3) is 1.00. The molecular formula is C18H36N2. The second-order valence-electron chi connectivity index (χ2n) is 7.72. The maximum absolute atomic E-state index is 3.84. The van der Waals surface area contributed by atoms with Crippen molar-refractivity contribution in [2.75, 3.05) is 20.1 Å². The monoisotopic (exact) mass is 280 g/mol.